The van der Waals surface area contributed by atoms with Crippen molar-refractivity contribution in [2.45, 2.75) is 19.4 Å². The van der Waals surface area contributed by atoms with Crippen molar-refractivity contribution in [2.75, 3.05) is 33.9 Å². The second-order valence-corrected chi connectivity index (χ2v) is 5.74. The second kappa shape index (κ2) is 7.97. The summed E-state index contributed by atoms with van der Waals surface area (Å²) < 4.78 is 10.1. The third-order valence-corrected chi connectivity index (χ3v) is 4.13. The fourth-order valence-corrected chi connectivity index (χ4v) is 2.67. The minimum absolute atomic E-state index is 0.0132. The van der Waals surface area contributed by atoms with Crippen LogP contribution in [0.1, 0.15) is 24.9 Å². The minimum atomic E-state index is -0.292. The van der Waals surface area contributed by atoms with Crippen LogP contribution >= 0.6 is 0 Å². The fraction of sp³-hybridized carbons (Fsp3) is 0.529. The molecule has 1 aromatic carbocycles. The third kappa shape index (κ3) is 4.45. The molecule has 1 aliphatic heterocycles. The van der Waals surface area contributed by atoms with Crippen molar-refractivity contribution < 1.29 is 19.1 Å². The molecule has 0 bridgehead atoms. The van der Waals surface area contributed by atoms with Crippen molar-refractivity contribution >= 4 is 11.8 Å². The van der Waals surface area contributed by atoms with E-state index in [1.165, 1.54) is 0 Å². The molecule has 1 aromatic rings. The molecule has 1 N–H and O–H groups in total. The maximum absolute atomic E-state index is 12.4. The molecule has 1 heterocycles. The fourth-order valence-electron chi connectivity index (χ4n) is 2.67. The largest absolute Gasteiger partial charge is 0.497 e. The Balaban J connectivity index is 1.89. The van der Waals surface area contributed by atoms with Crippen molar-refractivity contribution in [3.05, 3.63) is 29.8 Å². The molecular weight excluding hydrogens is 296 g/mol. The van der Waals surface area contributed by atoms with E-state index in [9.17, 15) is 9.59 Å². The van der Waals surface area contributed by atoms with Crippen LogP contribution in [0.3, 0.4) is 0 Å². The van der Waals surface area contributed by atoms with Gasteiger partial charge in [-0.1, -0.05) is 12.1 Å². The Morgan fingerprint density at radius 1 is 1.35 bits per heavy atom. The summed E-state index contributed by atoms with van der Waals surface area (Å²) in [5.74, 6) is 0.420. The number of nitrogens with zero attached hydrogens (tertiary/aromatic N) is 1. The molecule has 2 atom stereocenters. The van der Waals surface area contributed by atoms with Gasteiger partial charge in [-0.05, 0) is 24.6 Å². The molecule has 1 saturated heterocycles. The number of hydrogen-bond donors (Lipinski definition) is 1. The predicted molar refractivity (Wildman–Crippen MR) is 86.1 cm³/mol. The van der Waals surface area contributed by atoms with E-state index in [1.807, 2.05) is 31.2 Å². The van der Waals surface area contributed by atoms with Crippen LogP contribution < -0.4 is 10.1 Å². The monoisotopic (exact) mass is 320 g/mol. The highest BCUT2D eigenvalue weighted by Crippen LogP contribution is 2.21. The summed E-state index contributed by atoms with van der Waals surface area (Å²) in [6.07, 6.45) is 0.269. The number of methoxy groups -OCH3 is 2. The molecular formula is C17H24N2O4. The number of nitrogens with one attached hydrogen (secondary N) is 1. The third-order valence-electron chi connectivity index (χ3n) is 4.13. The van der Waals surface area contributed by atoms with Crippen LogP contribution in [-0.2, 0) is 14.3 Å². The van der Waals surface area contributed by atoms with Gasteiger partial charge >= 0.3 is 0 Å². The summed E-state index contributed by atoms with van der Waals surface area (Å²) >= 11 is 0. The molecule has 6 nitrogen and oxygen atoms in total. The number of likely N-dealkylation sites (tertiary alicyclic amines) is 1. The second-order valence-electron chi connectivity index (χ2n) is 5.74. The van der Waals surface area contributed by atoms with E-state index >= 15 is 0 Å². The van der Waals surface area contributed by atoms with E-state index in [4.69, 9.17) is 9.47 Å². The number of hydrogen-bond acceptors (Lipinski definition) is 4. The molecule has 0 spiro atoms. The molecule has 2 amide bonds. The first-order valence-corrected chi connectivity index (χ1v) is 7.76. The van der Waals surface area contributed by atoms with Gasteiger partial charge < -0.3 is 19.7 Å². The van der Waals surface area contributed by atoms with Gasteiger partial charge in [0, 0.05) is 26.6 Å². The molecule has 126 valence electrons. The highest BCUT2D eigenvalue weighted by Gasteiger charge is 2.34. The number of ether oxygens (including phenoxy) is 2. The Morgan fingerprint density at radius 3 is 2.65 bits per heavy atom. The highest BCUT2D eigenvalue weighted by atomic mass is 16.5. The van der Waals surface area contributed by atoms with E-state index in [-0.39, 0.29) is 30.2 Å². The van der Waals surface area contributed by atoms with Crippen LogP contribution in [0.15, 0.2) is 24.3 Å². The normalized spacial score (nSPS) is 18.8. The quantitative estimate of drug-likeness (QED) is 0.824. The molecule has 23 heavy (non-hydrogen) atoms. The van der Waals surface area contributed by atoms with Gasteiger partial charge in [0.25, 0.3) is 0 Å². The zero-order valence-electron chi connectivity index (χ0n) is 13.9. The van der Waals surface area contributed by atoms with Crippen LogP contribution in [0.4, 0.5) is 0 Å². The zero-order chi connectivity index (χ0) is 16.8. The van der Waals surface area contributed by atoms with Gasteiger partial charge in [0.05, 0.1) is 25.7 Å². The summed E-state index contributed by atoms with van der Waals surface area (Å²) in [5.41, 5.74) is 1.000. The lowest BCUT2D eigenvalue weighted by molar-refractivity contribution is -0.129. The van der Waals surface area contributed by atoms with Gasteiger partial charge in [-0.25, -0.2) is 0 Å². The molecule has 0 aromatic heterocycles. The summed E-state index contributed by atoms with van der Waals surface area (Å²) in [5, 5.41) is 2.98. The average molecular weight is 320 g/mol. The number of rotatable bonds is 7. The van der Waals surface area contributed by atoms with E-state index in [0.717, 1.165) is 11.3 Å². The lowest BCUT2D eigenvalue weighted by Crippen LogP contribution is -2.35. The first-order chi connectivity index (χ1) is 11.0. The maximum atomic E-state index is 12.4. The predicted octanol–water partition coefficient (Wildman–Crippen LogP) is 1.37. The Kier molecular flexibility index (Phi) is 5.98. The molecule has 0 aliphatic carbocycles. The Hall–Kier alpha value is -2.08. The molecule has 2 unspecified atom stereocenters. The molecule has 2 rings (SSSR count). The SMILES string of the molecule is COCCN1CC(C(=O)NC(C)c2ccc(OC)cc2)CC1=O. The van der Waals surface area contributed by atoms with Gasteiger partial charge in [0.1, 0.15) is 5.75 Å². The van der Waals surface area contributed by atoms with Crippen molar-refractivity contribution in [1.29, 1.82) is 0 Å². The molecule has 6 heteroatoms. The van der Waals surface area contributed by atoms with E-state index in [0.29, 0.717) is 19.7 Å². The smallest absolute Gasteiger partial charge is 0.225 e. The van der Waals surface area contributed by atoms with E-state index in [2.05, 4.69) is 5.32 Å². The summed E-state index contributed by atoms with van der Waals surface area (Å²) in [6, 6.07) is 7.47. The first kappa shape index (κ1) is 17.3. The summed E-state index contributed by atoms with van der Waals surface area (Å²) in [4.78, 5) is 26.0. The average Bonchev–Trinajstić information content (AvgIpc) is 2.94. The lowest BCUT2D eigenvalue weighted by atomic mass is 10.0. The molecule has 0 radical (unpaired) electrons. The van der Waals surface area contributed by atoms with Gasteiger partial charge in [-0.2, -0.15) is 0 Å². The van der Waals surface area contributed by atoms with Crippen molar-refractivity contribution in [3.8, 4) is 5.75 Å². The number of benzene rings is 1. The molecule has 0 saturated carbocycles. The molecule has 1 fully saturated rings. The maximum Gasteiger partial charge on any atom is 0.225 e. The first-order valence-electron chi connectivity index (χ1n) is 7.76. The Labute approximate surface area is 136 Å². The van der Waals surface area contributed by atoms with Crippen LogP contribution in [0, 0.1) is 5.92 Å². The van der Waals surface area contributed by atoms with Gasteiger partial charge in [-0.15, -0.1) is 0 Å². The Morgan fingerprint density at radius 2 is 2.04 bits per heavy atom. The van der Waals surface area contributed by atoms with Crippen molar-refractivity contribution in [3.63, 3.8) is 0 Å². The lowest BCUT2D eigenvalue weighted by Gasteiger charge is -2.18. The standard InChI is InChI=1S/C17H24N2O4/c1-12(13-4-6-15(23-3)7-5-13)18-17(21)14-10-16(20)19(11-14)8-9-22-2/h4-7,12,14H,8-11H2,1-3H3,(H,18,21). The van der Waals surface area contributed by atoms with Gasteiger partial charge in [0.15, 0.2) is 0 Å². The topological polar surface area (TPSA) is 67.9 Å². The van der Waals surface area contributed by atoms with Crippen LogP contribution in [0.25, 0.3) is 0 Å². The zero-order valence-corrected chi connectivity index (χ0v) is 13.9. The van der Waals surface area contributed by atoms with E-state index < -0.39 is 0 Å². The van der Waals surface area contributed by atoms with E-state index in [1.54, 1.807) is 19.1 Å². The summed E-state index contributed by atoms with van der Waals surface area (Å²) in [7, 11) is 3.22. The molecule has 1 aliphatic rings. The van der Waals surface area contributed by atoms with Gasteiger partial charge in [-0.3, -0.25) is 9.59 Å². The van der Waals surface area contributed by atoms with Crippen molar-refractivity contribution in [1.82, 2.24) is 10.2 Å². The van der Waals surface area contributed by atoms with Crippen LogP contribution in [0.2, 0.25) is 0 Å². The highest BCUT2D eigenvalue weighted by molar-refractivity contribution is 5.89. The van der Waals surface area contributed by atoms with Crippen LogP contribution in [-0.4, -0.2) is 50.6 Å². The van der Waals surface area contributed by atoms with Crippen molar-refractivity contribution in [2.24, 2.45) is 5.92 Å². The number of carbonyl (C=O) groups is 2. The Bertz CT molecular complexity index is 544. The number of amides is 2. The number of carbonyl (C=O) groups excluding carboxylic acids is 2. The van der Waals surface area contributed by atoms with Crippen LogP contribution in [0.5, 0.6) is 5.75 Å². The summed E-state index contributed by atoms with van der Waals surface area (Å²) in [6.45, 7) is 3.41. The van der Waals surface area contributed by atoms with Gasteiger partial charge in [0.2, 0.25) is 11.8 Å². The minimum Gasteiger partial charge on any atom is -0.497 e.